The molecule has 2 N–H and O–H groups in total. The second-order valence-corrected chi connectivity index (χ2v) is 14.2. The number of allylic oxidation sites excluding steroid dienone is 2. The summed E-state index contributed by atoms with van der Waals surface area (Å²) >= 11 is 0. The molecule has 5 aliphatic rings. The summed E-state index contributed by atoms with van der Waals surface area (Å²) in [5.41, 5.74) is 6.33. The van der Waals surface area contributed by atoms with E-state index in [1.54, 1.807) is 0 Å². The van der Waals surface area contributed by atoms with Crippen molar-refractivity contribution < 1.29 is 14.4 Å². The molecule has 0 bridgehead atoms. The van der Waals surface area contributed by atoms with Gasteiger partial charge in [0, 0.05) is 23.2 Å². The number of primary amides is 1. The summed E-state index contributed by atoms with van der Waals surface area (Å²) in [6, 6.07) is 0. The third-order valence-electron chi connectivity index (χ3n) is 12.1. The van der Waals surface area contributed by atoms with Crippen molar-refractivity contribution in [2.75, 3.05) is 0 Å². The van der Waals surface area contributed by atoms with Crippen LogP contribution in [-0.4, -0.2) is 17.5 Å². The van der Waals surface area contributed by atoms with Crippen LogP contribution in [0.25, 0.3) is 0 Å². The summed E-state index contributed by atoms with van der Waals surface area (Å²) < 4.78 is 0. The summed E-state index contributed by atoms with van der Waals surface area (Å²) in [6.07, 6.45) is 10.4. The van der Waals surface area contributed by atoms with E-state index in [2.05, 4.69) is 34.6 Å². The van der Waals surface area contributed by atoms with E-state index in [-0.39, 0.29) is 51.1 Å². The standard InChI is InChI=1S/C29H43NO3/c1-25(2)21-8-11-28(5)18-7-10-26(3)13-14-27(4,24(30)33)16-19(26)17(18)15-20(31)23(28)29(21,6)12-9-22(25)32/h15,18-19,21,23H,7-14,16H2,1-6H3,(H2,30,33)/t18?,19?,21?,23?,26?,27-,28?,29?/m0/s1. The Balaban J connectivity index is 1.58. The number of hydrogen-bond donors (Lipinski definition) is 1. The molecule has 33 heavy (non-hydrogen) atoms. The van der Waals surface area contributed by atoms with E-state index in [9.17, 15) is 14.4 Å². The minimum atomic E-state index is -0.481. The van der Waals surface area contributed by atoms with Gasteiger partial charge in [-0.2, -0.15) is 0 Å². The van der Waals surface area contributed by atoms with Gasteiger partial charge in [0.15, 0.2) is 5.78 Å². The van der Waals surface area contributed by atoms with E-state index in [0.29, 0.717) is 18.1 Å². The lowest BCUT2D eigenvalue weighted by atomic mass is 9.37. The van der Waals surface area contributed by atoms with E-state index in [1.165, 1.54) is 5.57 Å². The molecular formula is C29H43NO3. The Morgan fingerprint density at radius 2 is 1.58 bits per heavy atom. The van der Waals surface area contributed by atoms with Crippen LogP contribution in [0, 0.1) is 50.7 Å². The van der Waals surface area contributed by atoms with Gasteiger partial charge in [-0.15, -0.1) is 0 Å². The molecule has 8 atom stereocenters. The van der Waals surface area contributed by atoms with Crippen LogP contribution in [0.2, 0.25) is 0 Å². The molecule has 4 nitrogen and oxygen atoms in total. The number of carbonyl (C=O) groups is 3. The van der Waals surface area contributed by atoms with Crippen molar-refractivity contribution in [3.63, 3.8) is 0 Å². The number of fused-ring (bicyclic) bond motifs is 7. The fraction of sp³-hybridized carbons (Fsp3) is 0.828. The van der Waals surface area contributed by atoms with Crippen molar-refractivity contribution in [2.24, 2.45) is 56.5 Å². The average molecular weight is 454 g/mol. The number of nitrogens with two attached hydrogens (primary N) is 1. The Kier molecular flexibility index (Phi) is 4.81. The van der Waals surface area contributed by atoms with Gasteiger partial charge in [0.2, 0.25) is 5.91 Å². The fourth-order valence-electron chi connectivity index (χ4n) is 9.93. The van der Waals surface area contributed by atoms with Crippen LogP contribution in [0.15, 0.2) is 11.6 Å². The molecule has 4 saturated carbocycles. The Labute approximate surface area is 199 Å². The molecule has 0 aromatic rings. The van der Waals surface area contributed by atoms with Crippen LogP contribution in [0.5, 0.6) is 0 Å². The van der Waals surface area contributed by atoms with Gasteiger partial charge in [0.25, 0.3) is 0 Å². The smallest absolute Gasteiger partial charge is 0.223 e. The van der Waals surface area contributed by atoms with Crippen molar-refractivity contribution in [3.8, 4) is 0 Å². The first kappa shape index (κ1) is 23.3. The van der Waals surface area contributed by atoms with Gasteiger partial charge in [0.05, 0.1) is 0 Å². The monoisotopic (exact) mass is 453 g/mol. The number of ketones is 2. The van der Waals surface area contributed by atoms with Crippen LogP contribution in [0.3, 0.4) is 0 Å². The Hall–Kier alpha value is -1.45. The molecular weight excluding hydrogens is 410 g/mol. The molecule has 1 amide bonds. The lowest BCUT2D eigenvalue weighted by Gasteiger charge is -2.66. The Morgan fingerprint density at radius 1 is 0.879 bits per heavy atom. The number of amides is 1. The van der Waals surface area contributed by atoms with E-state index in [1.807, 2.05) is 13.0 Å². The minimum absolute atomic E-state index is 0.0136. The molecule has 0 radical (unpaired) electrons. The zero-order valence-corrected chi connectivity index (χ0v) is 21.6. The highest BCUT2D eigenvalue weighted by Gasteiger charge is 2.67. The summed E-state index contributed by atoms with van der Waals surface area (Å²) in [6.45, 7) is 13.4. The van der Waals surface area contributed by atoms with Crippen molar-refractivity contribution >= 4 is 17.5 Å². The van der Waals surface area contributed by atoms with Gasteiger partial charge in [0.1, 0.15) is 5.78 Å². The second-order valence-electron chi connectivity index (χ2n) is 14.2. The normalized spacial score (nSPS) is 50.9. The predicted octanol–water partition coefficient (Wildman–Crippen LogP) is 5.63. The van der Waals surface area contributed by atoms with Crippen LogP contribution in [0.1, 0.15) is 99.3 Å². The van der Waals surface area contributed by atoms with E-state index in [0.717, 1.165) is 51.4 Å². The van der Waals surface area contributed by atoms with Gasteiger partial charge >= 0.3 is 0 Å². The highest BCUT2D eigenvalue weighted by atomic mass is 16.1. The molecule has 0 aromatic heterocycles. The summed E-state index contributed by atoms with van der Waals surface area (Å²) in [4.78, 5) is 39.3. The molecule has 0 spiro atoms. The van der Waals surface area contributed by atoms with E-state index < -0.39 is 5.41 Å². The van der Waals surface area contributed by atoms with Gasteiger partial charge in [-0.1, -0.05) is 47.1 Å². The van der Waals surface area contributed by atoms with Gasteiger partial charge < -0.3 is 5.73 Å². The lowest BCUT2D eigenvalue weighted by Crippen LogP contribution is -2.63. The van der Waals surface area contributed by atoms with Crippen LogP contribution >= 0.6 is 0 Å². The number of carbonyl (C=O) groups excluding carboxylic acids is 3. The zero-order valence-electron chi connectivity index (χ0n) is 21.6. The third kappa shape index (κ3) is 2.91. The summed E-state index contributed by atoms with van der Waals surface area (Å²) in [5, 5.41) is 0. The van der Waals surface area contributed by atoms with Crippen molar-refractivity contribution in [1.82, 2.24) is 0 Å². The molecule has 0 heterocycles. The largest absolute Gasteiger partial charge is 0.369 e. The summed E-state index contributed by atoms with van der Waals surface area (Å²) in [5.74, 6) is 1.38. The number of hydrogen-bond acceptors (Lipinski definition) is 3. The van der Waals surface area contributed by atoms with Gasteiger partial charge in [-0.25, -0.2) is 0 Å². The second kappa shape index (κ2) is 6.82. The van der Waals surface area contributed by atoms with Crippen LogP contribution < -0.4 is 5.73 Å². The first-order chi connectivity index (χ1) is 15.2. The first-order valence-corrected chi connectivity index (χ1v) is 13.3. The third-order valence-corrected chi connectivity index (χ3v) is 12.1. The van der Waals surface area contributed by atoms with Crippen molar-refractivity contribution in [3.05, 3.63) is 11.6 Å². The molecule has 182 valence electrons. The lowest BCUT2D eigenvalue weighted by molar-refractivity contribution is -0.175. The topological polar surface area (TPSA) is 77.2 Å². The first-order valence-electron chi connectivity index (χ1n) is 13.3. The molecule has 0 saturated heterocycles. The molecule has 0 aromatic carbocycles. The molecule has 4 heteroatoms. The number of Topliss-reactive ketones (excluding diaryl/α,β-unsaturated/α-hetero) is 1. The Bertz CT molecular complexity index is 964. The van der Waals surface area contributed by atoms with Gasteiger partial charge in [-0.05, 0) is 91.4 Å². The van der Waals surface area contributed by atoms with Crippen LogP contribution in [0.4, 0.5) is 0 Å². The van der Waals surface area contributed by atoms with Gasteiger partial charge in [-0.3, -0.25) is 14.4 Å². The number of rotatable bonds is 1. The maximum absolute atomic E-state index is 14.1. The highest BCUT2D eigenvalue weighted by Crippen LogP contribution is 2.70. The maximum atomic E-state index is 14.1. The molecule has 5 aliphatic carbocycles. The minimum Gasteiger partial charge on any atom is -0.369 e. The van der Waals surface area contributed by atoms with Crippen molar-refractivity contribution in [2.45, 2.75) is 99.3 Å². The molecule has 5 rings (SSSR count). The Morgan fingerprint density at radius 3 is 2.24 bits per heavy atom. The fourth-order valence-corrected chi connectivity index (χ4v) is 9.93. The molecule has 4 fully saturated rings. The molecule has 7 unspecified atom stereocenters. The zero-order chi connectivity index (χ0) is 24.2. The quantitative estimate of drug-likeness (QED) is 0.559. The van der Waals surface area contributed by atoms with Crippen LogP contribution in [-0.2, 0) is 14.4 Å². The van der Waals surface area contributed by atoms with E-state index in [4.69, 9.17) is 5.73 Å². The summed E-state index contributed by atoms with van der Waals surface area (Å²) in [7, 11) is 0. The van der Waals surface area contributed by atoms with E-state index >= 15 is 0 Å². The van der Waals surface area contributed by atoms with Crippen molar-refractivity contribution in [1.29, 1.82) is 0 Å². The predicted molar refractivity (Wildman–Crippen MR) is 129 cm³/mol. The SMILES string of the molecule is CC12CCC3C(=CC(=O)C4C3(C)CCC3C(C)(C)C(=O)CCC34C)C1C[C@@](C)(C(N)=O)CC2. The average Bonchev–Trinajstić information content (AvgIpc) is 2.71. The highest BCUT2D eigenvalue weighted by molar-refractivity contribution is 5.96. The molecule has 0 aliphatic heterocycles. The maximum Gasteiger partial charge on any atom is 0.223 e.